The first-order valence-electron chi connectivity index (χ1n) is 11.3. The first kappa shape index (κ1) is 20.9. The maximum absolute atomic E-state index is 9.22. The summed E-state index contributed by atoms with van der Waals surface area (Å²) in [4.78, 5) is 9.03. The van der Waals surface area contributed by atoms with Gasteiger partial charge in [0, 0.05) is 34.9 Å². The number of nitrogens with one attached hydrogen (secondary N) is 1. The maximum Gasteiger partial charge on any atom is 0.167 e. The summed E-state index contributed by atoms with van der Waals surface area (Å²) in [5, 5.41) is 26.7. The molecule has 1 saturated carbocycles. The normalized spacial score (nSPS) is 14.6. The Morgan fingerprint density at radius 3 is 2.76 bits per heavy atom. The van der Waals surface area contributed by atoms with Crippen molar-refractivity contribution in [3.05, 3.63) is 36.3 Å². The minimum atomic E-state index is 0.170. The van der Waals surface area contributed by atoms with Gasteiger partial charge in [-0.25, -0.2) is 14.6 Å². The molecule has 10 heteroatoms. The molecule has 0 amide bonds. The van der Waals surface area contributed by atoms with E-state index in [0.29, 0.717) is 23.1 Å². The van der Waals surface area contributed by atoms with Gasteiger partial charge in [0.05, 0.1) is 24.0 Å². The van der Waals surface area contributed by atoms with Crippen LogP contribution in [0.4, 0.5) is 11.5 Å². The van der Waals surface area contributed by atoms with E-state index in [2.05, 4.69) is 50.6 Å². The van der Waals surface area contributed by atoms with Crippen molar-refractivity contribution in [1.29, 1.82) is 5.26 Å². The van der Waals surface area contributed by atoms with Crippen LogP contribution in [-0.2, 0) is 0 Å². The van der Waals surface area contributed by atoms with Crippen molar-refractivity contribution in [3.8, 4) is 23.1 Å². The number of anilines is 2. The second-order valence-electron chi connectivity index (χ2n) is 8.76. The standard InChI is InChI=1S/C23H26N10/c1-14(2)28-19-9-21(33-23-16(11-27-33)8-15(10-24)22(25)29-23)26-12-18(19)20-13-32(31-30-20)17-6-4-3-5-7-17/h8-9,11-14,17H,3-7H2,1-2H3,(H2,25,29)(H,26,28). The molecule has 33 heavy (non-hydrogen) atoms. The summed E-state index contributed by atoms with van der Waals surface area (Å²) in [6.45, 7) is 4.16. The zero-order valence-corrected chi connectivity index (χ0v) is 18.7. The molecule has 1 fully saturated rings. The van der Waals surface area contributed by atoms with Gasteiger partial charge in [-0.1, -0.05) is 24.5 Å². The molecule has 4 heterocycles. The van der Waals surface area contributed by atoms with Gasteiger partial charge in [0.2, 0.25) is 0 Å². The molecule has 0 unspecified atom stereocenters. The fourth-order valence-corrected chi connectivity index (χ4v) is 4.35. The summed E-state index contributed by atoms with van der Waals surface area (Å²) >= 11 is 0. The van der Waals surface area contributed by atoms with Gasteiger partial charge in [0.1, 0.15) is 17.6 Å². The average Bonchev–Trinajstić information content (AvgIpc) is 3.46. The van der Waals surface area contributed by atoms with Gasteiger partial charge in [-0.3, -0.25) is 0 Å². The van der Waals surface area contributed by atoms with E-state index < -0.39 is 0 Å². The first-order valence-corrected chi connectivity index (χ1v) is 11.3. The zero-order chi connectivity index (χ0) is 22.9. The second-order valence-corrected chi connectivity index (χ2v) is 8.76. The molecule has 0 spiro atoms. The molecule has 0 radical (unpaired) electrons. The summed E-state index contributed by atoms with van der Waals surface area (Å²) in [7, 11) is 0. The lowest BCUT2D eigenvalue weighted by Crippen LogP contribution is -2.13. The van der Waals surface area contributed by atoms with Crippen molar-refractivity contribution in [2.75, 3.05) is 11.1 Å². The Kier molecular flexibility index (Phi) is 5.38. The Hall–Kier alpha value is -4.00. The summed E-state index contributed by atoms with van der Waals surface area (Å²) in [6.07, 6.45) is 11.5. The summed E-state index contributed by atoms with van der Waals surface area (Å²) in [5.41, 5.74) is 9.36. The van der Waals surface area contributed by atoms with Crippen molar-refractivity contribution in [2.24, 2.45) is 0 Å². The molecule has 3 N–H and O–H groups in total. The highest BCUT2D eigenvalue weighted by molar-refractivity contribution is 5.81. The largest absolute Gasteiger partial charge is 0.383 e. The topological polar surface area (TPSA) is 136 Å². The predicted octanol–water partition coefficient (Wildman–Crippen LogP) is 3.85. The predicted molar refractivity (Wildman–Crippen MR) is 126 cm³/mol. The van der Waals surface area contributed by atoms with Crippen LogP contribution < -0.4 is 11.1 Å². The van der Waals surface area contributed by atoms with Crippen LogP contribution >= 0.6 is 0 Å². The van der Waals surface area contributed by atoms with Crippen LogP contribution in [0.15, 0.2) is 30.7 Å². The number of rotatable bonds is 5. The number of aromatic nitrogens is 7. The first-order chi connectivity index (χ1) is 16.0. The van der Waals surface area contributed by atoms with Crippen molar-refractivity contribution >= 4 is 22.5 Å². The molecule has 0 aromatic carbocycles. The Balaban J connectivity index is 1.55. The summed E-state index contributed by atoms with van der Waals surface area (Å²) < 4.78 is 3.63. The molecular formula is C23H26N10. The molecular weight excluding hydrogens is 416 g/mol. The Labute approximate surface area is 191 Å². The van der Waals surface area contributed by atoms with Crippen LogP contribution in [0.3, 0.4) is 0 Å². The van der Waals surface area contributed by atoms with Gasteiger partial charge < -0.3 is 11.1 Å². The lowest BCUT2D eigenvalue weighted by Gasteiger charge is -2.21. The summed E-state index contributed by atoms with van der Waals surface area (Å²) in [6, 6.07) is 6.29. The number of nitrogen functional groups attached to an aromatic ring is 1. The van der Waals surface area contributed by atoms with Gasteiger partial charge in [0.25, 0.3) is 0 Å². The Morgan fingerprint density at radius 1 is 1.18 bits per heavy atom. The van der Waals surface area contributed by atoms with E-state index in [1.165, 1.54) is 19.3 Å². The Morgan fingerprint density at radius 2 is 2.00 bits per heavy atom. The molecule has 0 atom stereocenters. The SMILES string of the molecule is CC(C)Nc1cc(-n2ncc3cc(C#N)c(N)nc32)ncc1-c1cn(C2CCCCC2)nn1. The van der Waals surface area contributed by atoms with Crippen LogP contribution in [0.5, 0.6) is 0 Å². The quantitative estimate of drug-likeness (QED) is 0.475. The van der Waals surface area contributed by atoms with Crippen LogP contribution in [0.25, 0.3) is 28.1 Å². The van der Waals surface area contributed by atoms with E-state index in [9.17, 15) is 5.26 Å². The van der Waals surface area contributed by atoms with E-state index >= 15 is 0 Å². The van der Waals surface area contributed by atoms with Crippen LogP contribution in [-0.4, -0.2) is 40.8 Å². The average molecular weight is 443 g/mol. The van der Waals surface area contributed by atoms with Crippen molar-refractivity contribution < 1.29 is 0 Å². The number of nitrogens with zero attached hydrogens (tertiary/aromatic N) is 8. The number of hydrogen-bond donors (Lipinski definition) is 2. The second kappa shape index (κ2) is 8.50. The number of fused-ring (bicyclic) bond motifs is 1. The lowest BCUT2D eigenvalue weighted by molar-refractivity contribution is 0.324. The van der Waals surface area contributed by atoms with E-state index in [-0.39, 0.29) is 11.9 Å². The van der Waals surface area contributed by atoms with Crippen LogP contribution in [0, 0.1) is 11.3 Å². The third-order valence-electron chi connectivity index (χ3n) is 5.98. The highest BCUT2D eigenvalue weighted by atomic mass is 15.4. The van der Waals surface area contributed by atoms with Gasteiger partial charge in [-0.05, 0) is 32.8 Å². The van der Waals surface area contributed by atoms with Gasteiger partial charge in [0.15, 0.2) is 11.5 Å². The molecule has 0 saturated heterocycles. The van der Waals surface area contributed by atoms with E-state index in [0.717, 1.165) is 35.2 Å². The maximum atomic E-state index is 9.22. The lowest BCUT2D eigenvalue weighted by atomic mass is 9.96. The fraction of sp³-hybridized carbons (Fsp3) is 0.391. The molecule has 1 aliphatic carbocycles. The molecule has 10 nitrogen and oxygen atoms in total. The minimum absolute atomic E-state index is 0.170. The number of nitrogens with two attached hydrogens (primary N) is 1. The smallest absolute Gasteiger partial charge is 0.167 e. The van der Waals surface area contributed by atoms with Crippen molar-refractivity contribution in [3.63, 3.8) is 0 Å². The van der Waals surface area contributed by atoms with Gasteiger partial charge in [-0.15, -0.1) is 5.10 Å². The number of hydrogen-bond acceptors (Lipinski definition) is 8. The molecule has 4 aromatic heterocycles. The molecule has 0 bridgehead atoms. The van der Waals surface area contributed by atoms with Gasteiger partial charge in [-0.2, -0.15) is 15.0 Å². The monoisotopic (exact) mass is 442 g/mol. The minimum Gasteiger partial charge on any atom is -0.383 e. The summed E-state index contributed by atoms with van der Waals surface area (Å²) in [5.74, 6) is 0.761. The molecule has 168 valence electrons. The fourth-order valence-electron chi connectivity index (χ4n) is 4.35. The zero-order valence-electron chi connectivity index (χ0n) is 18.7. The molecule has 1 aliphatic rings. The van der Waals surface area contributed by atoms with Gasteiger partial charge >= 0.3 is 0 Å². The van der Waals surface area contributed by atoms with Crippen LogP contribution in [0.1, 0.15) is 57.6 Å². The number of nitriles is 1. The third-order valence-corrected chi connectivity index (χ3v) is 5.98. The Bertz CT molecular complexity index is 1340. The third kappa shape index (κ3) is 3.98. The van der Waals surface area contributed by atoms with E-state index in [1.807, 2.05) is 16.9 Å². The van der Waals surface area contributed by atoms with Crippen LogP contribution in [0.2, 0.25) is 0 Å². The number of pyridine rings is 2. The molecule has 4 aromatic rings. The van der Waals surface area contributed by atoms with Crippen molar-refractivity contribution in [2.45, 2.75) is 58.0 Å². The van der Waals surface area contributed by atoms with Crippen molar-refractivity contribution in [1.82, 2.24) is 34.7 Å². The highest BCUT2D eigenvalue weighted by Crippen LogP contribution is 2.32. The molecule has 5 rings (SSSR count). The highest BCUT2D eigenvalue weighted by Gasteiger charge is 2.20. The van der Waals surface area contributed by atoms with E-state index in [4.69, 9.17) is 5.73 Å². The van der Waals surface area contributed by atoms with E-state index in [1.54, 1.807) is 23.1 Å². The molecule has 0 aliphatic heterocycles.